The molecule has 0 radical (unpaired) electrons. The summed E-state index contributed by atoms with van der Waals surface area (Å²) in [5.74, 6) is 0.432. The number of aromatic nitrogens is 2. The molecular weight excluding hydrogens is 480 g/mol. The Bertz CT molecular complexity index is 1160. The average molecular weight is 517 g/mol. The summed E-state index contributed by atoms with van der Waals surface area (Å²) in [6.45, 7) is 4.36. The molecule has 196 valence electrons. The predicted octanol–water partition coefficient (Wildman–Crippen LogP) is 2.09. The fourth-order valence-electron chi connectivity index (χ4n) is 5.72. The first-order valence-corrected chi connectivity index (χ1v) is 14.3. The maximum atomic E-state index is 13.3. The van der Waals surface area contributed by atoms with E-state index in [1.54, 1.807) is 33.3 Å². The number of hydrogen-bond donors (Lipinski definition) is 3. The lowest BCUT2D eigenvalue weighted by Crippen LogP contribution is -2.50. The van der Waals surface area contributed by atoms with Crippen molar-refractivity contribution in [2.24, 2.45) is 0 Å². The maximum absolute atomic E-state index is 13.3. The second-order valence-corrected chi connectivity index (χ2v) is 11.9. The van der Waals surface area contributed by atoms with E-state index in [4.69, 9.17) is 21.0 Å². The van der Waals surface area contributed by atoms with Crippen molar-refractivity contribution in [1.29, 1.82) is 5.41 Å². The number of piperidine rings is 1. The molecule has 3 aliphatic rings. The van der Waals surface area contributed by atoms with Gasteiger partial charge in [-0.1, -0.05) is 12.1 Å². The lowest BCUT2D eigenvalue weighted by Gasteiger charge is -2.39. The lowest BCUT2D eigenvalue weighted by atomic mass is 9.93. The molecule has 2 aliphatic heterocycles. The zero-order valence-corrected chi connectivity index (χ0v) is 21.4. The van der Waals surface area contributed by atoms with Gasteiger partial charge in [0.1, 0.15) is 11.5 Å². The number of nitrogens with zero attached hydrogens (tertiary/aromatic N) is 4. The number of benzene rings is 1. The van der Waals surface area contributed by atoms with Crippen molar-refractivity contribution in [2.75, 3.05) is 45.1 Å². The van der Waals surface area contributed by atoms with Gasteiger partial charge in [0.25, 0.3) is 0 Å². The van der Waals surface area contributed by atoms with E-state index in [9.17, 15) is 13.5 Å². The Morgan fingerprint density at radius 2 is 1.61 bits per heavy atom. The molecule has 2 aromatic rings. The number of sulfonamides is 1. The van der Waals surface area contributed by atoms with E-state index in [-0.39, 0.29) is 17.0 Å². The molecule has 0 spiro atoms. The molecule has 36 heavy (non-hydrogen) atoms. The maximum Gasteiger partial charge on any atom is 0.243 e. The Morgan fingerprint density at radius 3 is 2.22 bits per heavy atom. The molecule has 0 bridgehead atoms. The highest BCUT2D eigenvalue weighted by Crippen LogP contribution is 2.35. The number of rotatable bonds is 6. The first kappa shape index (κ1) is 25.3. The van der Waals surface area contributed by atoms with Crippen LogP contribution in [0.5, 0.6) is 0 Å². The van der Waals surface area contributed by atoms with Crippen molar-refractivity contribution in [3.63, 3.8) is 0 Å². The van der Waals surface area contributed by atoms with Crippen molar-refractivity contribution in [1.82, 2.24) is 19.0 Å². The average Bonchev–Trinajstić information content (AvgIpc) is 3.25. The van der Waals surface area contributed by atoms with E-state index in [0.29, 0.717) is 49.0 Å². The van der Waals surface area contributed by atoms with Crippen molar-refractivity contribution >= 4 is 22.1 Å². The number of nitrogens with one attached hydrogen (secondary N) is 1. The molecule has 0 unspecified atom stereocenters. The van der Waals surface area contributed by atoms with E-state index in [1.807, 2.05) is 0 Å². The van der Waals surface area contributed by atoms with E-state index < -0.39 is 10.0 Å². The lowest BCUT2D eigenvalue weighted by molar-refractivity contribution is 0.00610. The number of ether oxygens (including phenoxy) is 1. The third kappa shape index (κ3) is 4.95. The van der Waals surface area contributed by atoms with Crippen LogP contribution in [0.25, 0.3) is 11.3 Å². The molecule has 1 aromatic heterocycles. The second kappa shape index (κ2) is 10.6. The van der Waals surface area contributed by atoms with Gasteiger partial charge in [-0.3, -0.25) is 4.90 Å². The first-order chi connectivity index (χ1) is 17.4. The summed E-state index contributed by atoms with van der Waals surface area (Å²) in [4.78, 5) is 2.69. The molecule has 3 fully saturated rings. The third-order valence-corrected chi connectivity index (χ3v) is 9.81. The standard InChI is InChI=1S/C25H36N6O4S/c26-17-23-24(28-31(25(23)27)20-3-5-21(32)6-4-20)18-1-7-22(8-2-18)36(33,34)30-11-9-19(10-12-30)29-13-15-35-16-14-29/h1-2,7-8,17,19-21,26,32H,3-6,9-16,27H2. The normalized spacial score (nSPS) is 25.1. The molecule has 2 saturated heterocycles. The molecule has 11 heteroatoms. The number of nitrogens with two attached hydrogens (primary N) is 1. The van der Waals surface area contributed by atoms with Crippen LogP contribution in [0.4, 0.5) is 5.82 Å². The van der Waals surface area contributed by atoms with Crippen LogP contribution in [0.3, 0.4) is 0 Å². The quantitative estimate of drug-likeness (QED) is 0.500. The first-order valence-electron chi connectivity index (χ1n) is 12.9. The summed E-state index contributed by atoms with van der Waals surface area (Å²) in [7, 11) is -3.58. The highest BCUT2D eigenvalue weighted by Gasteiger charge is 2.32. The largest absolute Gasteiger partial charge is 0.393 e. The van der Waals surface area contributed by atoms with Gasteiger partial charge in [-0.05, 0) is 50.7 Å². The van der Waals surface area contributed by atoms with Gasteiger partial charge in [-0.15, -0.1) is 0 Å². The van der Waals surface area contributed by atoms with E-state index in [2.05, 4.69) is 4.90 Å². The van der Waals surface area contributed by atoms with Gasteiger partial charge in [-0.25, -0.2) is 13.1 Å². The minimum Gasteiger partial charge on any atom is -0.393 e. The highest BCUT2D eigenvalue weighted by atomic mass is 32.2. The van der Waals surface area contributed by atoms with Gasteiger partial charge in [0.05, 0.1) is 35.8 Å². The van der Waals surface area contributed by atoms with Gasteiger partial charge in [0.15, 0.2) is 0 Å². The van der Waals surface area contributed by atoms with Crippen molar-refractivity contribution in [3.8, 4) is 11.3 Å². The van der Waals surface area contributed by atoms with Gasteiger partial charge in [0, 0.05) is 44.0 Å². The van der Waals surface area contributed by atoms with Crippen LogP contribution in [0.1, 0.15) is 50.1 Å². The Hall–Kier alpha value is -2.31. The predicted molar refractivity (Wildman–Crippen MR) is 138 cm³/mol. The topological polar surface area (TPSA) is 138 Å². The van der Waals surface area contributed by atoms with E-state index in [1.165, 1.54) is 6.21 Å². The molecule has 5 rings (SSSR count). The summed E-state index contributed by atoms with van der Waals surface area (Å²) in [6, 6.07) is 7.24. The number of aliphatic hydroxyl groups excluding tert-OH is 1. The Balaban J connectivity index is 1.30. The molecular formula is C25H36N6O4S. The Morgan fingerprint density at radius 1 is 0.972 bits per heavy atom. The zero-order chi connectivity index (χ0) is 25.3. The van der Waals surface area contributed by atoms with E-state index >= 15 is 0 Å². The summed E-state index contributed by atoms with van der Waals surface area (Å²) >= 11 is 0. The van der Waals surface area contributed by atoms with Crippen LogP contribution in [0, 0.1) is 5.41 Å². The van der Waals surface area contributed by atoms with Gasteiger partial charge in [0.2, 0.25) is 10.0 Å². The van der Waals surface area contributed by atoms with Gasteiger partial charge >= 0.3 is 0 Å². The SMILES string of the molecule is N=Cc1c(-c2ccc(S(=O)(=O)N3CCC(N4CCOCC4)CC3)cc2)nn(C2CCC(O)CC2)c1N. The zero-order valence-electron chi connectivity index (χ0n) is 20.6. The summed E-state index contributed by atoms with van der Waals surface area (Å²) in [6.07, 6.45) is 5.55. The third-order valence-electron chi connectivity index (χ3n) is 7.89. The second-order valence-electron chi connectivity index (χ2n) is 10.0. The van der Waals surface area contributed by atoms with Crippen LogP contribution >= 0.6 is 0 Å². The summed E-state index contributed by atoms with van der Waals surface area (Å²) < 4.78 is 35.5. The Labute approximate surface area is 212 Å². The minimum absolute atomic E-state index is 0.0842. The smallest absolute Gasteiger partial charge is 0.243 e. The summed E-state index contributed by atoms with van der Waals surface area (Å²) in [5.41, 5.74) is 8.18. The molecule has 1 aliphatic carbocycles. The molecule has 0 atom stereocenters. The molecule has 1 aromatic carbocycles. The van der Waals surface area contributed by atoms with Crippen molar-refractivity contribution < 1.29 is 18.3 Å². The number of aliphatic hydroxyl groups is 1. The molecule has 1 saturated carbocycles. The minimum atomic E-state index is -3.58. The van der Waals surface area contributed by atoms with Crippen LogP contribution < -0.4 is 5.73 Å². The molecule has 10 nitrogen and oxygen atoms in total. The molecule has 0 amide bonds. The van der Waals surface area contributed by atoms with E-state index in [0.717, 1.165) is 57.6 Å². The fraction of sp³-hybridized carbons (Fsp3) is 0.600. The number of morpholine rings is 1. The highest BCUT2D eigenvalue weighted by molar-refractivity contribution is 7.89. The number of anilines is 1. The number of hydrogen-bond acceptors (Lipinski definition) is 8. The van der Waals surface area contributed by atoms with Crippen molar-refractivity contribution in [2.45, 2.75) is 61.6 Å². The van der Waals surface area contributed by atoms with Crippen LogP contribution in [-0.2, 0) is 14.8 Å². The molecule has 4 N–H and O–H groups in total. The van der Waals surface area contributed by atoms with Crippen LogP contribution in [-0.4, -0.2) is 90.3 Å². The Kier molecular flexibility index (Phi) is 7.45. The monoisotopic (exact) mass is 516 g/mol. The summed E-state index contributed by atoms with van der Waals surface area (Å²) in [5, 5.41) is 22.4. The van der Waals surface area contributed by atoms with Crippen LogP contribution in [0.2, 0.25) is 0 Å². The van der Waals surface area contributed by atoms with Gasteiger partial charge < -0.3 is 21.0 Å². The van der Waals surface area contributed by atoms with Crippen LogP contribution in [0.15, 0.2) is 29.2 Å². The number of nitrogen functional groups attached to an aromatic ring is 1. The molecule has 3 heterocycles. The van der Waals surface area contributed by atoms with Crippen molar-refractivity contribution in [3.05, 3.63) is 29.8 Å². The fourth-order valence-corrected chi connectivity index (χ4v) is 7.19. The van der Waals surface area contributed by atoms with Gasteiger partial charge in [-0.2, -0.15) is 9.40 Å².